The number of benzene rings is 1. The molecule has 30 heavy (non-hydrogen) atoms. The molecular weight excluding hydrogens is 526 g/mol. The Morgan fingerprint density at radius 2 is 2.00 bits per heavy atom. The zero-order valence-electron chi connectivity index (χ0n) is 16.6. The second kappa shape index (κ2) is 11.5. The van der Waals surface area contributed by atoms with Crippen molar-refractivity contribution in [3.63, 3.8) is 0 Å². The lowest BCUT2D eigenvalue weighted by Gasteiger charge is -2.18. The van der Waals surface area contributed by atoms with Crippen molar-refractivity contribution in [3.05, 3.63) is 58.1 Å². The van der Waals surface area contributed by atoms with E-state index in [1.165, 1.54) is 5.69 Å². The number of halogens is 4. The summed E-state index contributed by atoms with van der Waals surface area (Å²) in [5.41, 5.74) is 1.44. The Hall–Kier alpha value is -1.82. The summed E-state index contributed by atoms with van der Waals surface area (Å²) in [6.45, 7) is 5.47. The summed E-state index contributed by atoms with van der Waals surface area (Å²) >= 11 is 1.02. The Balaban J connectivity index is 0.00000320. The summed E-state index contributed by atoms with van der Waals surface area (Å²) < 4.78 is 37.9. The summed E-state index contributed by atoms with van der Waals surface area (Å²) in [5.74, 6) is 0.633. The molecule has 0 unspecified atom stereocenters. The van der Waals surface area contributed by atoms with E-state index in [-0.39, 0.29) is 24.0 Å². The highest BCUT2D eigenvalue weighted by molar-refractivity contribution is 14.0. The fourth-order valence-corrected chi connectivity index (χ4v) is 3.70. The van der Waals surface area contributed by atoms with Crippen molar-refractivity contribution in [2.24, 2.45) is 4.99 Å². The van der Waals surface area contributed by atoms with Crippen LogP contribution in [-0.4, -0.2) is 37.1 Å². The van der Waals surface area contributed by atoms with Crippen molar-refractivity contribution in [1.29, 1.82) is 0 Å². The number of guanidine groups is 1. The molecule has 0 aliphatic carbocycles. The molecule has 2 N–H and O–H groups in total. The highest BCUT2D eigenvalue weighted by atomic mass is 127. The quantitative estimate of drug-likeness (QED) is 0.231. The fourth-order valence-electron chi connectivity index (χ4n) is 2.90. The van der Waals surface area contributed by atoms with Gasteiger partial charge in [0.15, 0.2) is 11.7 Å². The minimum Gasteiger partial charge on any atom is -0.364 e. The third-order valence-corrected chi connectivity index (χ3v) is 5.24. The van der Waals surface area contributed by atoms with Gasteiger partial charge in [-0.25, -0.2) is 9.98 Å². The third-order valence-electron chi connectivity index (χ3n) is 4.33. The fraction of sp³-hybridized carbons (Fsp3) is 0.400. The van der Waals surface area contributed by atoms with Crippen LogP contribution in [0.2, 0.25) is 0 Å². The lowest BCUT2D eigenvalue weighted by atomic mass is 10.2. The smallest absolute Gasteiger partial charge is 0.364 e. The zero-order chi connectivity index (χ0) is 20.7. The van der Waals surface area contributed by atoms with Gasteiger partial charge in [0.05, 0.1) is 11.6 Å². The first-order chi connectivity index (χ1) is 14.0. The van der Waals surface area contributed by atoms with Gasteiger partial charge in [-0.05, 0) is 24.6 Å². The largest absolute Gasteiger partial charge is 0.434 e. The molecule has 164 valence electrons. The number of rotatable bonds is 7. The predicted molar refractivity (Wildman–Crippen MR) is 127 cm³/mol. The summed E-state index contributed by atoms with van der Waals surface area (Å²) in [6.07, 6.45) is 0.317. The maximum absolute atomic E-state index is 12.6. The number of thiazole rings is 1. The van der Waals surface area contributed by atoms with Crippen LogP contribution < -0.4 is 15.5 Å². The lowest BCUT2D eigenvalue weighted by molar-refractivity contribution is -0.140. The molecule has 0 radical (unpaired) electrons. The second-order valence-electron chi connectivity index (χ2n) is 6.54. The summed E-state index contributed by atoms with van der Waals surface area (Å²) in [4.78, 5) is 10.5. The number of aromatic nitrogens is 1. The van der Waals surface area contributed by atoms with E-state index in [4.69, 9.17) is 0 Å². The Labute approximate surface area is 195 Å². The summed E-state index contributed by atoms with van der Waals surface area (Å²) in [7, 11) is 0. The zero-order valence-corrected chi connectivity index (χ0v) is 19.7. The SMILES string of the molecule is CCNC(=NCc1cccc(N2CC=CC2)c1)NCCc1nc(C(F)(F)F)cs1.I. The van der Waals surface area contributed by atoms with Crippen LogP contribution in [0.5, 0.6) is 0 Å². The van der Waals surface area contributed by atoms with Gasteiger partial charge in [-0.1, -0.05) is 24.3 Å². The van der Waals surface area contributed by atoms with Gasteiger partial charge in [0.2, 0.25) is 0 Å². The molecule has 0 bridgehead atoms. The molecule has 5 nitrogen and oxygen atoms in total. The monoisotopic (exact) mass is 551 g/mol. The van der Waals surface area contributed by atoms with Crippen molar-refractivity contribution >= 4 is 47.0 Å². The number of anilines is 1. The van der Waals surface area contributed by atoms with Crippen LogP contribution in [0.1, 0.15) is 23.2 Å². The Bertz CT molecular complexity index is 858. The molecule has 1 aromatic heterocycles. The predicted octanol–water partition coefficient (Wildman–Crippen LogP) is 4.45. The van der Waals surface area contributed by atoms with Gasteiger partial charge in [0, 0.05) is 43.7 Å². The minimum absolute atomic E-state index is 0. The molecule has 0 saturated carbocycles. The summed E-state index contributed by atoms with van der Waals surface area (Å²) in [5, 5.41) is 7.83. The van der Waals surface area contributed by atoms with E-state index >= 15 is 0 Å². The number of aliphatic imine (C=N–C) groups is 1. The van der Waals surface area contributed by atoms with Gasteiger partial charge in [0.25, 0.3) is 0 Å². The first-order valence-corrected chi connectivity index (χ1v) is 10.4. The van der Waals surface area contributed by atoms with Crippen molar-refractivity contribution in [2.75, 3.05) is 31.1 Å². The van der Waals surface area contributed by atoms with Gasteiger partial charge in [-0.15, -0.1) is 35.3 Å². The molecule has 0 fully saturated rings. The number of hydrogen-bond donors (Lipinski definition) is 2. The molecule has 2 heterocycles. The molecule has 0 spiro atoms. The van der Waals surface area contributed by atoms with E-state index in [2.05, 4.69) is 49.8 Å². The normalized spacial score (nSPS) is 14.0. The van der Waals surface area contributed by atoms with E-state index in [1.54, 1.807) is 0 Å². The minimum atomic E-state index is -4.39. The Kier molecular flexibility index (Phi) is 9.40. The molecule has 3 rings (SSSR count). The maximum atomic E-state index is 12.6. The lowest BCUT2D eigenvalue weighted by Crippen LogP contribution is -2.38. The number of nitrogens with one attached hydrogen (secondary N) is 2. The Morgan fingerprint density at radius 3 is 2.67 bits per heavy atom. The first kappa shape index (κ1) is 24.4. The van der Waals surface area contributed by atoms with Crippen molar-refractivity contribution < 1.29 is 13.2 Å². The molecule has 0 amide bonds. The van der Waals surface area contributed by atoms with Crippen LogP contribution >= 0.6 is 35.3 Å². The topological polar surface area (TPSA) is 52.6 Å². The third kappa shape index (κ3) is 7.15. The van der Waals surface area contributed by atoms with Crippen molar-refractivity contribution in [3.8, 4) is 0 Å². The van der Waals surface area contributed by atoms with E-state index in [1.807, 2.05) is 19.1 Å². The van der Waals surface area contributed by atoms with Crippen LogP contribution in [0, 0.1) is 0 Å². The molecule has 1 aromatic carbocycles. The van der Waals surface area contributed by atoms with Crippen LogP contribution in [0.4, 0.5) is 18.9 Å². The van der Waals surface area contributed by atoms with E-state index in [0.29, 0.717) is 37.0 Å². The second-order valence-corrected chi connectivity index (χ2v) is 7.49. The van der Waals surface area contributed by atoms with Gasteiger partial charge >= 0.3 is 6.18 Å². The highest BCUT2D eigenvalue weighted by Gasteiger charge is 2.33. The number of hydrogen-bond acceptors (Lipinski definition) is 4. The van der Waals surface area contributed by atoms with Crippen LogP contribution in [0.15, 0.2) is 46.8 Å². The van der Waals surface area contributed by atoms with Crippen LogP contribution in [0.3, 0.4) is 0 Å². The molecular formula is C20H25F3IN5S. The molecule has 1 aliphatic rings. The molecule has 0 atom stereocenters. The number of alkyl halides is 3. The van der Waals surface area contributed by atoms with Gasteiger partial charge in [0.1, 0.15) is 0 Å². The average Bonchev–Trinajstić information content (AvgIpc) is 3.38. The highest BCUT2D eigenvalue weighted by Crippen LogP contribution is 2.30. The van der Waals surface area contributed by atoms with Gasteiger partial charge in [-0.3, -0.25) is 0 Å². The van der Waals surface area contributed by atoms with Gasteiger partial charge in [-0.2, -0.15) is 13.2 Å². The van der Waals surface area contributed by atoms with Gasteiger partial charge < -0.3 is 15.5 Å². The van der Waals surface area contributed by atoms with E-state index in [9.17, 15) is 13.2 Å². The Morgan fingerprint density at radius 1 is 1.23 bits per heavy atom. The standard InChI is InChI=1S/C20H24F3N5S.HI/c1-2-24-19(25-9-8-18-27-17(14-29-18)20(21,22)23)26-13-15-6-5-7-16(12-15)28-10-3-4-11-28;/h3-7,12,14H,2,8-11,13H2,1H3,(H2,24,25,26);1H. The van der Waals surface area contributed by atoms with Crippen LogP contribution in [-0.2, 0) is 19.1 Å². The summed E-state index contributed by atoms with van der Waals surface area (Å²) in [6, 6.07) is 8.29. The average molecular weight is 551 g/mol. The molecule has 10 heteroatoms. The van der Waals surface area contributed by atoms with E-state index < -0.39 is 11.9 Å². The molecule has 1 aliphatic heterocycles. The van der Waals surface area contributed by atoms with Crippen molar-refractivity contribution in [1.82, 2.24) is 15.6 Å². The molecule has 2 aromatic rings. The molecule has 0 saturated heterocycles. The number of nitrogens with zero attached hydrogens (tertiary/aromatic N) is 3. The first-order valence-electron chi connectivity index (χ1n) is 9.48. The van der Waals surface area contributed by atoms with E-state index in [0.717, 1.165) is 35.4 Å². The van der Waals surface area contributed by atoms with Crippen LogP contribution in [0.25, 0.3) is 0 Å². The maximum Gasteiger partial charge on any atom is 0.434 e. The van der Waals surface area contributed by atoms with Crippen molar-refractivity contribution in [2.45, 2.75) is 26.1 Å².